The van der Waals surface area contributed by atoms with E-state index in [1.165, 1.54) is 24.1 Å². The summed E-state index contributed by atoms with van der Waals surface area (Å²) < 4.78 is 0. The molecule has 1 aliphatic heterocycles. The van der Waals surface area contributed by atoms with E-state index in [-0.39, 0.29) is 0 Å². The minimum Gasteiger partial charge on any atom is -0.369 e. The van der Waals surface area contributed by atoms with E-state index < -0.39 is 0 Å². The van der Waals surface area contributed by atoms with Crippen LogP contribution in [-0.2, 0) is 6.42 Å². The molecule has 3 aromatic rings. The Balaban J connectivity index is 1.59. The Morgan fingerprint density at radius 3 is 2.71 bits per heavy atom. The van der Waals surface area contributed by atoms with E-state index >= 15 is 0 Å². The van der Waals surface area contributed by atoms with Crippen molar-refractivity contribution < 1.29 is 0 Å². The molecule has 1 N–H and O–H groups in total. The molecular weight excluding hydrogens is 316 g/mol. The lowest BCUT2D eigenvalue weighted by Crippen LogP contribution is -2.31. The van der Waals surface area contributed by atoms with Gasteiger partial charge in [-0.05, 0) is 49.3 Å². The van der Waals surface area contributed by atoms with Gasteiger partial charge in [0.2, 0.25) is 5.95 Å². The molecule has 0 unspecified atom stereocenters. The summed E-state index contributed by atoms with van der Waals surface area (Å²) in [6.45, 7) is 3.01. The topological polar surface area (TPSA) is 41.1 Å². The molecule has 1 aromatic carbocycles. The zero-order valence-electron chi connectivity index (χ0n) is 13.7. The van der Waals surface area contributed by atoms with Crippen LogP contribution in [-0.4, -0.2) is 29.6 Å². The Morgan fingerprint density at radius 2 is 1.88 bits per heavy atom. The summed E-state index contributed by atoms with van der Waals surface area (Å²) in [6, 6.07) is 12.6. The highest BCUT2D eigenvalue weighted by molar-refractivity contribution is 7.09. The van der Waals surface area contributed by atoms with Crippen LogP contribution in [0, 0.1) is 0 Å². The van der Waals surface area contributed by atoms with Crippen LogP contribution in [0.5, 0.6) is 0 Å². The van der Waals surface area contributed by atoms with Gasteiger partial charge in [-0.2, -0.15) is 4.98 Å². The summed E-state index contributed by atoms with van der Waals surface area (Å²) >= 11 is 1.81. The molecule has 0 amide bonds. The number of benzene rings is 1. The summed E-state index contributed by atoms with van der Waals surface area (Å²) in [6.07, 6.45) is 4.81. The summed E-state index contributed by atoms with van der Waals surface area (Å²) in [5.41, 5.74) is 1.02. The number of thiophene rings is 1. The molecule has 1 fully saturated rings. The second kappa shape index (κ2) is 7.18. The predicted molar refractivity (Wildman–Crippen MR) is 102 cm³/mol. The van der Waals surface area contributed by atoms with Crippen LogP contribution in [0.15, 0.2) is 41.8 Å². The van der Waals surface area contributed by atoms with Crippen LogP contribution >= 0.6 is 11.3 Å². The first-order valence-corrected chi connectivity index (χ1v) is 9.56. The van der Waals surface area contributed by atoms with Crippen LogP contribution in [0.25, 0.3) is 10.9 Å². The van der Waals surface area contributed by atoms with Gasteiger partial charge in [0.05, 0.1) is 5.52 Å². The average Bonchev–Trinajstić information content (AvgIpc) is 3.16. The van der Waals surface area contributed by atoms with Gasteiger partial charge in [0.25, 0.3) is 0 Å². The van der Waals surface area contributed by atoms with Crippen LogP contribution in [0.2, 0.25) is 0 Å². The monoisotopic (exact) mass is 338 g/mol. The van der Waals surface area contributed by atoms with Gasteiger partial charge in [-0.1, -0.05) is 18.2 Å². The highest BCUT2D eigenvalue weighted by Crippen LogP contribution is 2.25. The molecule has 0 radical (unpaired) electrons. The van der Waals surface area contributed by atoms with E-state index in [9.17, 15) is 0 Å². The zero-order valence-corrected chi connectivity index (χ0v) is 14.6. The van der Waals surface area contributed by atoms with E-state index in [2.05, 4.69) is 45.9 Å². The average molecular weight is 338 g/mol. The number of fused-ring (bicyclic) bond motifs is 1. The van der Waals surface area contributed by atoms with Gasteiger partial charge in [-0.25, -0.2) is 4.98 Å². The number of piperidine rings is 1. The number of hydrogen-bond acceptors (Lipinski definition) is 5. The van der Waals surface area contributed by atoms with E-state index in [0.29, 0.717) is 0 Å². The van der Waals surface area contributed by atoms with Crippen LogP contribution in [0.1, 0.15) is 24.1 Å². The molecule has 24 heavy (non-hydrogen) atoms. The number of anilines is 2. The van der Waals surface area contributed by atoms with Crippen molar-refractivity contribution in [1.29, 1.82) is 0 Å². The first kappa shape index (κ1) is 15.4. The number of nitrogens with one attached hydrogen (secondary N) is 1. The predicted octanol–water partition coefficient (Wildman–Crippen LogP) is 4.34. The molecule has 1 saturated heterocycles. The third-order valence-corrected chi connectivity index (χ3v) is 5.41. The molecule has 0 saturated carbocycles. The van der Waals surface area contributed by atoms with Crippen molar-refractivity contribution in [3.8, 4) is 0 Å². The highest BCUT2D eigenvalue weighted by Gasteiger charge is 2.16. The number of hydrogen-bond donors (Lipinski definition) is 1. The summed E-state index contributed by atoms with van der Waals surface area (Å²) in [4.78, 5) is 13.4. The molecule has 3 heterocycles. The molecule has 124 valence electrons. The van der Waals surface area contributed by atoms with Crippen molar-refractivity contribution in [2.45, 2.75) is 25.7 Å². The minimum atomic E-state index is 0.868. The SMILES string of the molecule is c1csc(CCNc2nc(N3CCCCC3)nc3ccccc23)c1. The summed E-state index contributed by atoms with van der Waals surface area (Å²) in [7, 11) is 0. The summed E-state index contributed by atoms with van der Waals surface area (Å²) in [5, 5.41) is 6.76. The number of nitrogens with zero attached hydrogens (tertiary/aromatic N) is 3. The van der Waals surface area contributed by atoms with E-state index in [1.807, 2.05) is 6.07 Å². The minimum absolute atomic E-state index is 0.868. The van der Waals surface area contributed by atoms with Gasteiger partial charge in [0.15, 0.2) is 0 Å². The second-order valence-corrected chi connectivity index (χ2v) is 7.23. The molecule has 0 atom stereocenters. The maximum absolute atomic E-state index is 4.85. The van der Waals surface area contributed by atoms with Gasteiger partial charge in [0.1, 0.15) is 5.82 Å². The first-order valence-electron chi connectivity index (χ1n) is 8.68. The lowest BCUT2D eigenvalue weighted by Gasteiger charge is -2.27. The van der Waals surface area contributed by atoms with Crippen molar-refractivity contribution >= 4 is 34.0 Å². The van der Waals surface area contributed by atoms with Crippen LogP contribution < -0.4 is 10.2 Å². The van der Waals surface area contributed by atoms with Gasteiger partial charge in [0, 0.05) is 29.9 Å². The fourth-order valence-electron chi connectivity index (χ4n) is 3.19. The number of rotatable bonds is 5. The third-order valence-electron chi connectivity index (χ3n) is 4.47. The Bertz CT molecular complexity index is 794. The molecule has 5 heteroatoms. The van der Waals surface area contributed by atoms with Crippen molar-refractivity contribution in [2.24, 2.45) is 0 Å². The Kier molecular flexibility index (Phi) is 4.60. The lowest BCUT2D eigenvalue weighted by atomic mass is 10.1. The number of aromatic nitrogens is 2. The van der Waals surface area contributed by atoms with Gasteiger partial charge in [-0.3, -0.25) is 0 Å². The first-order chi connectivity index (χ1) is 11.9. The Morgan fingerprint density at radius 1 is 1.00 bits per heavy atom. The van der Waals surface area contributed by atoms with Crippen LogP contribution in [0.3, 0.4) is 0 Å². The molecule has 1 aliphatic rings. The Hall–Kier alpha value is -2.14. The zero-order chi connectivity index (χ0) is 16.2. The standard InChI is InChI=1S/C19H22N4S/c1-4-12-23(13-5-1)19-21-17-9-3-2-8-16(17)18(22-19)20-11-10-15-7-6-14-24-15/h2-3,6-9,14H,1,4-5,10-13H2,(H,20,21,22). The molecule has 4 nitrogen and oxygen atoms in total. The van der Waals surface area contributed by atoms with Gasteiger partial charge >= 0.3 is 0 Å². The molecule has 4 rings (SSSR count). The molecule has 0 bridgehead atoms. The maximum Gasteiger partial charge on any atom is 0.227 e. The lowest BCUT2D eigenvalue weighted by molar-refractivity contribution is 0.569. The molecular formula is C19H22N4S. The van der Waals surface area contributed by atoms with Crippen molar-refractivity contribution in [2.75, 3.05) is 29.9 Å². The molecule has 0 aliphatic carbocycles. The quantitative estimate of drug-likeness (QED) is 0.751. The van der Waals surface area contributed by atoms with Crippen molar-refractivity contribution in [3.63, 3.8) is 0 Å². The fourth-order valence-corrected chi connectivity index (χ4v) is 3.90. The van der Waals surface area contributed by atoms with E-state index in [4.69, 9.17) is 9.97 Å². The summed E-state index contributed by atoms with van der Waals surface area (Å²) in [5.74, 6) is 1.82. The highest BCUT2D eigenvalue weighted by atomic mass is 32.1. The van der Waals surface area contributed by atoms with Crippen molar-refractivity contribution in [1.82, 2.24) is 9.97 Å². The normalized spacial score (nSPS) is 14.9. The Labute approximate surface area is 146 Å². The maximum atomic E-state index is 4.85. The van der Waals surface area contributed by atoms with Gasteiger partial charge < -0.3 is 10.2 Å². The molecule has 0 spiro atoms. The smallest absolute Gasteiger partial charge is 0.227 e. The second-order valence-electron chi connectivity index (χ2n) is 6.19. The number of para-hydroxylation sites is 1. The van der Waals surface area contributed by atoms with E-state index in [1.54, 1.807) is 11.3 Å². The largest absolute Gasteiger partial charge is 0.369 e. The van der Waals surface area contributed by atoms with Gasteiger partial charge in [-0.15, -0.1) is 11.3 Å². The van der Waals surface area contributed by atoms with E-state index in [0.717, 1.165) is 48.7 Å². The fraction of sp³-hybridized carbons (Fsp3) is 0.368. The van der Waals surface area contributed by atoms with Crippen molar-refractivity contribution in [3.05, 3.63) is 46.7 Å². The van der Waals surface area contributed by atoms with Crippen LogP contribution in [0.4, 0.5) is 11.8 Å². The third kappa shape index (κ3) is 3.36. The molecule has 2 aromatic heterocycles.